The minimum atomic E-state index is -0.871. The van der Waals surface area contributed by atoms with E-state index in [0.717, 1.165) is 9.91 Å². The number of carboxylic acids is 1. The first-order chi connectivity index (χ1) is 5.11. The van der Waals surface area contributed by atoms with E-state index >= 15 is 0 Å². The Kier molecular flexibility index (Phi) is 2.35. The molecule has 0 heterocycles. The summed E-state index contributed by atoms with van der Waals surface area (Å²) in [6.45, 7) is 1.87. The SMILES string of the molecule is Cc1ccc([As])c(C(=O)O)c1. The van der Waals surface area contributed by atoms with Gasteiger partial charge < -0.3 is 0 Å². The van der Waals surface area contributed by atoms with Crippen molar-refractivity contribution in [2.24, 2.45) is 0 Å². The number of aryl methyl sites for hydroxylation is 1. The van der Waals surface area contributed by atoms with E-state index in [2.05, 4.69) is 16.9 Å². The third-order valence-corrected chi connectivity index (χ3v) is 2.20. The predicted molar refractivity (Wildman–Crippen MR) is 43.5 cm³/mol. The molecular weight excluding hydrogens is 203 g/mol. The van der Waals surface area contributed by atoms with Crippen LogP contribution in [-0.4, -0.2) is 27.9 Å². The first-order valence-corrected chi connectivity index (χ1v) is 4.08. The molecule has 0 atom stereocenters. The van der Waals surface area contributed by atoms with Crippen molar-refractivity contribution in [1.82, 2.24) is 0 Å². The van der Waals surface area contributed by atoms with Crippen molar-refractivity contribution in [3.05, 3.63) is 29.3 Å². The van der Waals surface area contributed by atoms with Crippen LogP contribution < -0.4 is 4.35 Å². The van der Waals surface area contributed by atoms with E-state index < -0.39 is 5.97 Å². The zero-order valence-corrected chi connectivity index (χ0v) is 7.91. The van der Waals surface area contributed by atoms with E-state index in [1.165, 1.54) is 0 Å². The fourth-order valence-corrected chi connectivity index (χ4v) is 1.31. The molecule has 0 aliphatic rings. The number of hydrogen-bond acceptors (Lipinski definition) is 1. The van der Waals surface area contributed by atoms with Gasteiger partial charge in [0.1, 0.15) is 0 Å². The number of carbonyl (C=O) groups is 1. The molecule has 0 bridgehead atoms. The molecule has 0 aliphatic heterocycles. The summed E-state index contributed by atoms with van der Waals surface area (Å²) in [5.74, 6) is -0.871. The number of hydrogen-bond donors (Lipinski definition) is 1. The molecule has 2 nitrogen and oxygen atoms in total. The zero-order chi connectivity index (χ0) is 8.43. The van der Waals surface area contributed by atoms with E-state index in [0.29, 0.717) is 5.56 Å². The molecule has 0 amide bonds. The summed E-state index contributed by atoms with van der Waals surface area (Å²) in [6.07, 6.45) is 0. The molecule has 0 aliphatic carbocycles. The van der Waals surface area contributed by atoms with Crippen molar-refractivity contribution in [3.8, 4) is 0 Å². The molecule has 1 aromatic carbocycles. The van der Waals surface area contributed by atoms with Crippen LogP contribution in [0.1, 0.15) is 15.9 Å². The predicted octanol–water partition coefficient (Wildman–Crippen LogP) is 0.487. The first kappa shape index (κ1) is 8.35. The minimum absolute atomic E-state index is 0.366. The van der Waals surface area contributed by atoms with Gasteiger partial charge in [-0.2, -0.15) is 0 Å². The topological polar surface area (TPSA) is 37.3 Å². The maximum absolute atomic E-state index is 10.6. The molecule has 1 N–H and O–H groups in total. The average Bonchev–Trinajstić information content (AvgIpc) is 1.94. The van der Waals surface area contributed by atoms with Gasteiger partial charge in [-0.15, -0.1) is 0 Å². The summed E-state index contributed by atoms with van der Waals surface area (Å²) in [4.78, 5) is 10.6. The Hall–Kier alpha value is -0.752. The van der Waals surface area contributed by atoms with Crippen molar-refractivity contribution < 1.29 is 9.90 Å². The van der Waals surface area contributed by atoms with Crippen molar-refractivity contribution in [1.29, 1.82) is 0 Å². The van der Waals surface area contributed by atoms with E-state index in [-0.39, 0.29) is 0 Å². The Balaban J connectivity index is 3.23. The molecule has 0 fully saturated rings. The van der Waals surface area contributed by atoms with Crippen LogP contribution in [0, 0.1) is 6.92 Å². The van der Waals surface area contributed by atoms with Crippen molar-refractivity contribution >= 4 is 27.2 Å². The Labute approximate surface area is 73.7 Å². The second-order valence-electron chi connectivity index (χ2n) is 2.33. The molecule has 1 aromatic rings. The van der Waals surface area contributed by atoms with Gasteiger partial charge >= 0.3 is 73.3 Å². The molecule has 0 unspecified atom stereocenters. The molecule has 0 saturated carbocycles. The van der Waals surface area contributed by atoms with E-state index in [1.54, 1.807) is 12.1 Å². The number of benzene rings is 1. The van der Waals surface area contributed by atoms with Gasteiger partial charge in [0.25, 0.3) is 0 Å². The Morgan fingerprint density at radius 1 is 1.55 bits per heavy atom. The van der Waals surface area contributed by atoms with E-state index in [4.69, 9.17) is 5.11 Å². The molecule has 3 heteroatoms. The molecule has 1 rings (SSSR count). The number of aromatic carboxylic acids is 1. The fourth-order valence-electron chi connectivity index (χ4n) is 0.821. The number of rotatable bonds is 1. The standard InChI is InChI=1S/C8H7AsO2/c1-5-2-3-7(9)6(4-5)8(10)11/h2-4H,1H3,(H,10,11). The fraction of sp³-hybridized carbons (Fsp3) is 0.125. The van der Waals surface area contributed by atoms with E-state index in [1.807, 2.05) is 13.0 Å². The normalized spacial score (nSPS) is 9.64. The van der Waals surface area contributed by atoms with Gasteiger partial charge in [-0.1, -0.05) is 0 Å². The van der Waals surface area contributed by atoms with Crippen molar-refractivity contribution in [3.63, 3.8) is 0 Å². The summed E-state index contributed by atoms with van der Waals surface area (Å²) in [5.41, 5.74) is 1.34. The third-order valence-electron chi connectivity index (χ3n) is 1.38. The van der Waals surface area contributed by atoms with Gasteiger partial charge in [0.15, 0.2) is 0 Å². The summed E-state index contributed by atoms with van der Waals surface area (Å²) >= 11 is 2.25. The molecule has 56 valence electrons. The van der Waals surface area contributed by atoms with Gasteiger partial charge in [0.2, 0.25) is 0 Å². The zero-order valence-electron chi connectivity index (χ0n) is 6.03. The third kappa shape index (κ3) is 1.84. The van der Waals surface area contributed by atoms with Crippen LogP contribution in [0.5, 0.6) is 0 Å². The van der Waals surface area contributed by atoms with Gasteiger partial charge in [0, 0.05) is 0 Å². The van der Waals surface area contributed by atoms with Crippen LogP contribution in [0.15, 0.2) is 18.2 Å². The second kappa shape index (κ2) is 3.10. The van der Waals surface area contributed by atoms with Crippen molar-refractivity contribution in [2.45, 2.75) is 6.92 Å². The quantitative estimate of drug-likeness (QED) is 0.685. The van der Waals surface area contributed by atoms with Crippen LogP contribution in [0.2, 0.25) is 0 Å². The summed E-state index contributed by atoms with van der Waals surface area (Å²) in [5, 5.41) is 8.68. The molecule has 11 heavy (non-hydrogen) atoms. The van der Waals surface area contributed by atoms with Crippen LogP contribution in [0.3, 0.4) is 0 Å². The molecule has 0 aromatic heterocycles. The summed E-state index contributed by atoms with van der Waals surface area (Å²) in [6, 6.07) is 5.34. The Morgan fingerprint density at radius 2 is 2.18 bits per heavy atom. The van der Waals surface area contributed by atoms with Crippen LogP contribution in [0.4, 0.5) is 0 Å². The average molecular weight is 210 g/mol. The number of carboxylic acid groups (broad SMARTS) is 1. The molecular formula is C8H7AsO2. The Bertz CT molecular complexity index is 294. The Morgan fingerprint density at radius 3 is 2.64 bits per heavy atom. The van der Waals surface area contributed by atoms with Crippen LogP contribution in [0.25, 0.3) is 0 Å². The van der Waals surface area contributed by atoms with Gasteiger partial charge in [-0.25, -0.2) is 0 Å². The summed E-state index contributed by atoms with van der Waals surface area (Å²) in [7, 11) is 0. The van der Waals surface area contributed by atoms with Crippen LogP contribution >= 0.6 is 0 Å². The molecule has 0 saturated heterocycles. The summed E-state index contributed by atoms with van der Waals surface area (Å²) < 4.78 is 0.746. The van der Waals surface area contributed by atoms with E-state index in [9.17, 15) is 4.79 Å². The molecule has 2 radical (unpaired) electrons. The molecule has 0 spiro atoms. The van der Waals surface area contributed by atoms with Gasteiger partial charge in [-0.05, 0) is 0 Å². The van der Waals surface area contributed by atoms with Gasteiger partial charge in [0.05, 0.1) is 0 Å². The van der Waals surface area contributed by atoms with Crippen LogP contribution in [-0.2, 0) is 0 Å². The van der Waals surface area contributed by atoms with Gasteiger partial charge in [-0.3, -0.25) is 0 Å². The maximum atomic E-state index is 10.6. The second-order valence-corrected chi connectivity index (χ2v) is 3.34. The van der Waals surface area contributed by atoms with Crippen molar-refractivity contribution in [2.75, 3.05) is 0 Å². The monoisotopic (exact) mass is 210 g/mol. The first-order valence-electron chi connectivity index (χ1n) is 3.14.